The third-order valence-corrected chi connectivity index (χ3v) is 3.82. The smallest absolute Gasteiger partial charge is 0.301 e. The van der Waals surface area contributed by atoms with E-state index < -0.39 is 4.92 Å². The third-order valence-electron chi connectivity index (χ3n) is 2.85. The lowest BCUT2D eigenvalue weighted by atomic mass is 10.3. The van der Waals surface area contributed by atoms with Crippen LogP contribution in [0.15, 0.2) is 11.4 Å². The van der Waals surface area contributed by atoms with Crippen molar-refractivity contribution in [1.29, 1.82) is 0 Å². The van der Waals surface area contributed by atoms with Crippen molar-refractivity contribution in [2.24, 2.45) is 12.9 Å². The normalized spacial score (nSPS) is 10.7. The molecule has 2 rings (SSSR count). The van der Waals surface area contributed by atoms with E-state index in [0.29, 0.717) is 17.5 Å². The Labute approximate surface area is 129 Å². The Morgan fingerprint density at radius 3 is 2.86 bits per heavy atom. The molecule has 0 radical (unpaired) electrons. The fourth-order valence-corrected chi connectivity index (χ4v) is 2.66. The third kappa shape index (κ3) is 2.92. The molecule has 0 atom stereocenters. The van der Waals surface area contributed by atoms with Gasteiger partial charge < -0.3 is 4.57 Å². The van der Waals surface area contributed by atoms with Crippen LogP contribution in [0.25, 0.3) is 11.5 Å². The van der Waals surface area contributed by atoms with Crippen LogP contribution in [0.5, 0.6) is 0 Å². The van der Waals surface area contributed by atoms with Crippen LogP contribution in [0.3, 0.4) is 0 Å². The summed E-state index contributed by atoms with van der Waals surface area (Å²) in [6.45, 7) is 2.33. The second-order valence-electron chi connectivity index (χ2n) is 4.17. The lowest BCUT2D eigenvalue weighted by Gasteiger charge is -2.06. The van der Waals surface area contributed by atoms with Gasteiger partial charge in [0.1, 0.15) is 6.20 Å². The maximum Gasteiger partial charge on any atom is 0.318 e. The number of hydrogen-bond acceptors (Lipinski definition) is 8. The Morgan fingerprint density at radius 2 is 2.27 bits per heavy atom. The van der Waals surface area contributed by atoms with Gasteiger partial charge in [0, 0.05) is 13.6 Å². The minimum Gasteiger partial charge on any atom is -0.301 e. The molecular formula is C10H14N8O3S. The number of nitrogens with two attached hydrogens (primary N) is 1. The Hall–Kier alpha value is -2.47. The van der Waals surface area contributed by atoms with Gasteiger partial charge in [-0.15, -0.1) is 10.2 Å². The summed E-state index contributed by atoms with van der Waals surface area (Å²) in [6.07, 6.45) is 1.17. The summed E-state index contributed by atoms with van der Waals surface area (Å²) in [6, 6.07) is 0. The number of aromatic nitrogens is 5. The molecule has 2 aromatic heterocycles. The summed E-state index contributed by atoms with van der Waals surface area (Å²) in [7, 11) is 1.59. The number of rotatable bonds is 6. The first-order valence-electron chi connectivity index (χ1n) is 6.21. The van der Waals surface area contributed by atoms with Crippen LogP contribution in [-0.4, -0.2) is 41.1 Å². The number of aryl methyl sites for hydroxylation is 1. The first-order valence-corrected chi connectivity index (χ1v) is 7.20. The summed E-state index contributed by atoms with van der Waals surface area (Å²) >= 11 is 1.14. The van der Waals surface area contributed by atoms with E-state index in [1.165, 1.54) is 10.9 Å². The lowest BCUT2D eigenvalue weighted by Crippen LogP contribution is -2.31. The van der Waals surface area contributed by atoms with E-state index >= 15 is 0 Å². The van der Waals surface area contributed by atoms with Gasteiger partial charge in [0.25, 0.3) is 0 Å². The monoisotopic (exact) mass is 326 g/mol. The molecule has 118 valence electrons. The zero-order chi connectivity index (χ0) is 16.3. The van der Waals surface area contributed by atoms with Gasteiger partial charge in [-0.1, -0.05) is 11.8 Å². The van der Waals surface area contributed by atoms with Crippen molar-refractivity contribution < 1.29 is 9.72 Å². The quantitative estimate of drug-likeness (QED) is 0.241. The molecule has 2 aromatic rings. The number of hydrogen-bond donors (Lipinski definition) is 2. The summed E-state index contributed by atoms with van der Waals surface area (Å²) in [4.78, 5) is 21.8. The Bertz CT molecular complexity index is 709. The molecule has 1 amide bonds. The molecule has 3 N–H and O–H groups in total. The number of carbonyl (C=O) groups is 1. The van der Waals surface area contributed by atoms with Crippen molar-refractivity contribution in [3.05, 3.63) is 16.3 Å². The number of nitro groups is 1. The highest BCUT2D eigenvalue weighted by Crippen LogP contribution is 2.30. The minimum absolute atomic E-state index is 0.0715. The molecule has 0 aliphatic rings. The molecule has 0 aromatic carbocycles. The maximum atomic E-state index is 11.2. The van der Waals surface area contributed by atoms with Crippen LogP contribution in [0, 0.1) is 10.1 Å². The van der Waals surface area contributed by atoms with E-state index in [9.17, 15) is 14.9 Å². The van der Waals surface area contributed by atoms with Crippen LogP contribution in [0.4, 0.5) is 5.69 Å². The number of nitrogens with zero attached hydrogens (tertiary/aromatic N) is 6. The average molecular weight is 326 g/mol. The molecule has 0 aliphatic carbocycles. The van der Waals surface area contributed by atoms with E-state index in [1.54, 1.807) is 11.6 Å². The first kappa shape index (κ1) is 15.9. The zero-order valence-corrected chi connectivity index (χ0v) is 12.7. The number of carbonyl (C=O) groups excluding carboxylic acids is 1. The van der Waals surface area contributed by atoms with Crippen molar-refractivity contribution in [3.8, 4) is 11.5 Å². The van der Waals surface area contributed by atoms with E-state index in [2.05, 4.69) is 15.3 Å². The molecule has 11 nitrogen and oxygen atoms in total. The minimum atomic E-state index is -0.522. The molecule has 0 aliphatic heterocycles. The van der Waals surface area contributed by atoms with Crippen molar-refractivity contribution in [2.75, 3.05) is 5.75 Å². The largest absolute Gasteiger partial charge is 0.318 e. The van der Waals surface area contributed by atoms with Crippen LogP contribution in [0.1, 0.15) is 6.92 Å². The topological polar surface area (TPSA) is 147 Å². The highest BCUT2D eigenvalue weighted by atomic mass is 32.2. The van der Waals surface area contributed by atoms with Crippen molar-refractivity contribution in [1.82, 2.24) is 30.0 Å². The van der Waals surface area contributed by atoms with Crippen molar-refractivity contribution >= 4 is 23.4 Å². The molecule has 0 saturated carbocycles. The molecule has 0 bridgehead atoms. The Balaban J connectivity index is 2.41. The predicted molar refractivity (Wildman–Crippen MR) is 77.6 cm³/mol. The summed E-state index contributed by atoms with van der Waals surface area (Å²) in [5.41, 5.74) is 2.13. The zero-order valence-electron chi connectivity index (χ0n) is 11.9. The molecule has 0 unspecified atom stereocenters. The molecular weight excluding hydrogens is 312 g/mol. The highest BCUT2D eigenvalue weighted by Gasteiger charge is 2.26. The van der Waals surface area contributed by atoms with Crippen molar-refractivity contribution in [3.63, 3.8) is 0 Å². The number of amides is 1. The molecule has 0 fully saturated rings. The second kappa shape index (κ2) is 6.53. The van der Waals surface area contributed by atoms with Gasteiger partial charge in [-0.05, 0) is 6.92 Å². The van der Waals surface area contributed by atoms with Gasteiger partial charge in [-0.25, -0.2) is 5.84 Å². The van der Waals surface area contributed by atoms with Gasteiger partial charge in [0.05, 0.1) is 10.7 Å². The van der Waals surface area contributed by atoms with Crippen LogP contribution >= 0.6 is 11.8 Å². The standard InChI is InChI=1S/C10H14N8O3S/c1-3-17-9(8-6(18(20)21)4-12-16(8)2)14-15-10(17)22-5-7(19)13-11/h4H,3,5,11H2,1-2H3,(H,13,19). The van der Waals surface area contributed by atoms with E-state index in [4.69, 9.17) is 5.84 Å². The Kier molecular flexibility index (Phi) is 4.72. The van der Waals surface area contributed by atoms with Gasteiger partial charge in [-0.2, -0.15) is 5.10 Å². The van der Waals surface area contributed by atoms with E-state index in [-0.39, 0.29) is 23.0 Å². The van der Waals surface area contributed by atoms with Crippen LogP contribution in [0.2, 0.25) is 0 Å². The predicted octanol–water partition coefficient (Wildman–Crippen LogP) is -0.311. The second-order valence-corrected chi connectivity index (χ2v) is 5.11. The fraction of sp³-hybridized carbons (Fsp3) is 0.400. The molecule has 22 heavy (non-hydrogen) atoms. The lowest BCUT2D eigenvalue weighted by molar-refractivity contribution is -0.384. The van der Waals surface area contributed by atoms with Gasteiger partial charge in [0.15, 0.2) is 16.7 Å². The fourth-order valence-electron chi connectivity index (χ4n) is 1.85. The molecule has 0 saturated heterocycles. The molecule has 12 heteroatoms. The molecule has 0 spiro atoms. The van der Waals surface area contributed by atoms with E-state index in [1.807, 2.05) is 12.3 Å². The number of nitrogens with one attached hydrogen (secondary N) is 1. The summed E-state index contributed by atoms with van der Waals surface area (Å²) < 4.78 is 3.05. The summed E-state index contributed by atoms with van der Waals surface area (Å²) in [5.74, 6) is 5.06. The maximum absolute atomic E-state index is 11.2. The Morgan fingerprint density at radius 1 is 1.55 bits per heavy atom. The van der Waals surface area contributed by atoms with Crippen LogP contribution in [-0.2, 0) is 18.4 Å². The van der Waals surface area contributed by atoms with Crippen molar-refractivity contribution in [2.45, 2.75) is 18.6 Å². The molecule has 2 heterocycles. The van der Waals surface area contributed by atoms with Crippen LogP contribution < -0.4 is 11.3 Å². The highest BCUT2D eigenvalue weighted by molar-refractivity contribution is 7.99. The average Bonchev–Trinajstić information content (AvgIpc) is 3.07. The van der Waals surface area contributed by atoms with Gasteiger partial charge in [0.2, 0.25) is 5.91 Å². The summed E-state index contributed by atoms with van der Waals surface area (Å²) in [5, 5.41) is 23.4. The van der Waals surface area contributed by atoms with Gasteiger partial charge in [-0.3, -0.25) is 25.0 Å². The number of thioether (sulfide) groups is 1. The van der Waals surface area contributed by atoms with Gasteiger partial charge >= 0.3 is 5.69 Å². The first-order chi connectivity index (χ1) is 10.5. The number of hydrazine groups is 1. The van der Waals surface area contributed by atoms with E-state index in [0.717, 1.165) is 11.8 Å². The SMILES string of the molecule is CCn1c(SCC(=O)NN)nnc1-c1c([N+](=O)[O-])cnn1C.